The second-order valence-electron chi connectivity index (χ2n) is 9.28. The van der Waals surface area contributed by atoms with Crippen molar-refractivity contribution in [1.29, 1.82) is 0 Å². The van der Waals surface area contributed by atoms with Gasteiger partial charge in [-0.05, 0) is 59.4 Å². The van der Waals surface area contributed by atoms with Crippen molar-refractivity contribution in [3.05, 3.63) is 0 Å². The van der Waals surface area contributed by atoms with Crippen molar-refractivity contribution in [2.75, 3.05) is 46.3 Å². The molecule has 0 radical (unpaired) electrons. The van der Waals surface area contributed by atoms with Gasteiger partial charge in [0.1, 0.15) is 0 Å². The lowest BCUT2D eigenvalue weighted by atomic mass is 9.87. The number of nitrogens with zero attached hydrogens (tertiary/aromatic N) is 3. The molecule has 1 heterocycles. The molecule has 26 heavy (non-hydrogen) atoms. The third kappa shape index (κ3) is 6.88. The Balaban J connectivity index is 1.70. The highest BCUT2D eigenvalue weighted by Gasteiger charge is 2.27. The van der Waals surface area contributed by atoms with E-state index in [0.717, 1.165) is 32.1 Å². The van der Waals surface area contributed by atoms with Crippen molar-refractivity contribution >= 4 is 11.8 Å². The van der Waals surface area contributed by atoms with E-state index in [1.807, 2.05) is 25.7 Å². The van der Waals surface area contributed by atoms with Crippen molar-refractivity contribution in [2.24, 2.45) is 5.92 Å². The molecule has 2 aliphatic rings. The molecular formula is C20H38N4O2. The summed E-state index contributed by atoms with van der Waals surface area (Å²) >= 11 is 0. The number of piperazine rings is 1. The molecule has 1 aliphatic carbocycles. The van der Waals surface area contributed by atoms with Gasteiger partial charge in [0.25, 0.3) is 0 Å². The fourth-order valence-electron chi connectivity index (χ4n) is 3.94. The quantitative estimate of drug-likeness (QED) is 0.802. The number of likely N-dealkylation sites (N-methyl/N-ethyl adjacent to an activating group) is 1. The number of amides is 2. The molecule has 1 saturated carbocycles. The molecule has 1 saturated heterocycles. The van der Waals surface area contributed by atoms with Crippen LogP contribution in [0.1, 0.15) is 53.4 Å². The first kappa shape index (κ1) is 21.2. The van der Waals surface area contributed by atoms with Crippen LogP contribution in [0.3, 0.4) is 0 Å². The smallest absolute Gasteiger partial charge is 0.236 e. The first-order valence-corrected chi connectivity index (χ1v) is 10.2. The van der Waals surface area contributed by atoms with Crippen LogP contribution in [0.5, 0.6) is 0 Å². The average Bonchev–Trinajstić information content (AvgIpc) is 2.54. The van der Waals surface area contributed by atoms with E-state index in [2.05, 4.69) is 29.1 Å². The van der Waals surface area contributed by atoms with Crippen molar-refractivity contribution < 1.29 is 9.59 Å². The summed E-state index contributed by atoms with van der Waals surface area (Å²) in [5.74, 6) is 1.12. The predicted molar refractivity (Wildman–Crippen MR) is 105 cm³/mol. The molecule has 0 aromatic heterocycles. The summed E-state index contributed by atoms with van der Waals surface area (Å²) in [5.41, 5.74) is -0.198. The van der Waals surface area contributed by atoms with Gasteiger partial charge in [0, 0.05) is 37.8 Å². The van der Waals surface area contributed by atoms with E-state index in [-0.39, 0.29) is 17.4 Å². The summed E-state index contributed by atoms with van der Waals surface area (Å²) in [6, 6.07) is 0.553. The zero-order chi connectivity index (χ0) is 19.3. The Hall–Kier alpha value is -1.14. The molecule has 6 nitrogen and oxygen atoms in total. The van der Waals surface area contributed by atoms with Crippen LogP contribution in [0.4, 0.5) is 0 Å². The highest BCUT2D eigenvalue weighted by Crippen LogP contribution is 2.26. The molecule has 2 amide bonds. The lowest BCUT2D eigenvalue weighted by Gasteiger charge is -2.37. The van der Waals surface area contributed by atoms with Gasteiger partial charge < -0.3 is 10.2 Å². The Morgan fingerprint density at radius 3 is 2.15 bits per heavy atom. The van der Waals surface area contributed by atoms with Gasteiger partial charge in [0.2, 0.25) is 11.8 Å². The maximum Gasteiger partial charge on any atom is 0.236 e. The highest BCUT2D eigenvalue weighted by molar-refractivity contribution is 5.79. The largest absolute Gasteiger partial charge is 0.350 e. The SMILES string of the molecule is CC1CCC(N(C)CC(=O)N2CCN(CC(=O)NC(C)(C)C)CC2)CC1. The third-order valence-electron chi connectivity index (χ3n) is 5.60. The number of hydrogen-bond acceptors (Lipinski definition) is 4. The molecule has 1 aliphatic heterocycles. The summed E-state index contributed by atoms with van der Waals surface area (Å²) in [4.78, 5) is 31.0. The monoisotopic (exact) mass is 366 g/mol. The van der Waals surface area contributed by atoms with Gasteiger partial charge in [0.05, 0.1) is 13.1 Å². The van der Waals surface area contributed by atoms with Gasteiger partial charge >= 0.3 is 0 Å². The first-order valence-electron chi connectivity index (χ1n) is 10.2. The van der Waals surface area contributed by atoms with Gasteiger partial charge in [-0.25, -0.2) is 0 Å². The topological polar surface area (TPSA) is 55.9 Å². The van der Waals surface area contributed by atoms with Crippen molar-refractivity contribution in [3.8, 4) is 0 Å². The Morgan fingerprint density at radius 1 is 1.04 bits per heavy atom. The molecule has 0 aromatic carbocycles. The predicted octanol–water partition coefficient (Wildman–Crippen LogP) is 1.56. The lowest BCUT2D eigenvalue weighted by Crippen LogP contribution is -2.54. The van der Waals surface area contributed by atoms with Crippen LogP contribution in [0.15, 0.2) is 0 Å². The maximum atomic E-state index is 12.6. The molecule has 1 N–H and O–H groups in total. The Labute approximate surface area is 159 Å². The molecule has 150 valence electrons. The first-order chi connectivity index (χ1) is 12.1. The second-order valence-corrected chi connectivity index (χ2v) is 9.28. The van der Waals surface area contributed by atoms with Crippen LogP contribution >= 0.6 is 0 Å². The molecule has 0 unspecified atom stereocenters. The standard InChI is InChI=1S/C20H38N4O2/c1-16-6-8-17(9-7-16)22(5)15-19(26)24-12-10-23(11-13-24)14-18(25)21-20(2,3)4/h16-17H,6-15H2,1-5H3,(H,21,25). The van der Waals surface area contributed by atoms with Gasteiger partial charge in [-0.3, -0.25) is 19.4 Å². The zero-order valence-corrected chi connectivity index (χ0v) is 17.4. The van der Waals surface area contributed by atoms with Crippen molar-refractivity contribution in [1.82, 2.24) is 20.0 Å². The van der Waals surface area contributed by atoms with Crippen LogP contribution in [0.25, 0.3) is 0 Å². The lowest BCUT2D eigenvalue weighted by molar-refractivity contribution is -0.134. The van der Waals surface area contributed by atoms with Crippen molar-refractivity contribution in [3.63, 3.8) is 0 Å². The normalized spacial score (nSPS) is 25.4. The van der Waals surface area contributed by atoms with E-state index < -0.39 is 0 Å². The maximum absolute atomic E-state index is 12.6. The second kappa shape index (κ2) is 9.18. The Bertz CT molecular complexity index is 473. The molecular weight excluding hydrogens is 328 g/mol. The van der Waals surface area contributed by atoms with E-state index in [4.69, 9.17) is 0 Å². The van der Waals surface area contributed by atoms with Gasteiger partial charge in [-0.2, -0.15) is 0 Å². The van der Waals surface area contributed by atoms with E-state index in [0.29, 0.717) is 19.1 Å². The Kier molecular flexibility index (Phi) is 7.47. The molecule has 2 rings (SSSR count). The molecule has 0 aromatic rings. The zero-order valence-electron chi connectivity index (χ0n) is 17.4. The van der Waals surface area contributed by atoms with Gasteiger partial charge in [0.15, 0.2) is 0 Å². The minimum Gasteiger partial charge on any atom is -0.350 e. The Morgan fingerprint density at radius 2 is 1.62 bits per heavy atom. The van der Waals surface area contributed by atoms with E-state index in [1.54, 1.807) is 0 Å². The minimum absolute atomic E-state index is 0.0588. The van der Waals surface area contributed by atoms with Gasteiger partial charge in [-0.1, -0.05) is 6.92 Å². The summed E-state index contributed by atoms with van der Waals surface area (Å²) in [6.45, 7) is 12.2. The highest BCUT2D eigenvalue weighted by atomic mass is 16.2. The van der Waals surface area contributed by atoms with E-state index in [9.17, 15) is 9.59 Å². The van der Waals surface area contributed by atoms with Crippen LogP contribution < -0.4 is 5.32 Å². The van der Waals surface area contributed by atoms with E-state index >= 15 is 0 Å². The number of nitrogens with one attached hydrogen (secondary N) is 1. The van der Waals surface area contributed by atoms with E-state index in [1.165, 1.54) is 25.7 Å². The third-order valence-corrected chi connectivity index (χ3v) is 5.60. The summed E-state index contributed by atoms with van der Waals surface area (Å²) in [7, 11) is 2.09. The number of carbonyl (C=O) groups excluding carboxylic acids is 2. The number of hydrogen-bond donors (Lipinski definition) is 1. The van der Waals surface area contributed by atoms with Gasteiger partial charge in [-0.15, -0.1) is 0 Å². The van der Waals surface area contributed by atoms with Crippen LogP contribution in [-0.2, 0) is 9.59 Å². The summed E-state index contributed by atoms with van der Waals surface area (Å²) < 4.78 is 0. The fraction of sp³-hybridized carbons (Fsp3) is 0.900. The fourth-order valence-corrected chi connectivity index (χ4v) is 3.94. The molecule has 0 spiro atoms. The van der Waals surface area contributed by atoms with Crippen LogP contribution in [-0.4, -0.2) is 84.4 Å². The van der Waals surface area contributed by atoms with Crippen molar-refractivity contribution in [2.45, 2.75) is 65.0 Å². The molecule has 6 heteroatoms. The molecule has 2 fully saturated rings. The molecule has 0 atom stereocenters. The minimum atomic E-state index is -0.198. The number of rotatable bonds is 5. The van der Waals surface area contributed by atoms with Crippen LogP contribution in [0, 0.1) is 5.92 Å². The molecule has 0 bridgehead atoms. The number of carbonyl (C=O) groups is 2. The van der Waals surface area contributed by atoms with Crippen LogP contribution in [0.2, 0.25) is 0 Å². The summed E-state index contributed by atoms with van der Waals surface area (Å²) in [5, 5.41) is 3.00. The average molecular weight is 367 g/mol. The summed E-state index contributed by atoms with van der Waals surface area (Å²) in [6.07, 6.45) is 4.97.